The summed E-state index contributed by atoms with van der Waals surface area (Å²) in [5.41, 5.74) is 10.6. The fourth-order valence-corrected chi connectivity index (χ4v) is 4.12. The van der Waals surface area contributed by atoms with Gasteiger partial charge in [-0.1, -0.05) is 13.0 Å². The first-order valence-electron chi connectivity index (χ1n) is 8.75. The molecule has 3 amide bonds. The van der Waals surface area contributed by atoms with Crippen LogP contribution in [0.25, 0.3) is 0 Å². The molecule has 0 bridgehead atoms. The number of thiophene rings is 1. The highest BCUT2D eigenvalue weighted by Gasteiger charge is 2.34. The van der Waals surface area contributed by atoms with E-state index in [-0.39, 0.29) is 28.7 Å². The maximum Gasteiger partial charge on any atom is 0.270 e. The summed E-state index contributed by atoms with van der Waals surface area (Å²) in [5.74, 6) is -1.50. The first-order chi connectivity index (χ1) is 13.0. The Kier molecular flexibility index (Phi) is 6.78. The Hall–Kier alpha value is -2.46. The van der Waals surface area contributed by atoms with Crippen LogP contribution < -0.4 is 16.8 Å². The van der Waals surface area contributed by atoms with E-state index in [1.165, 1.54) is 16.2 Å². The predicted octanol–water partition coefficient (Wildman–Crippen LogP) is 2.22. The lowest BCUT2D eigenvalue weighted by atomic mass is 10.1. The molecule has 0 fully saturated rings. The highest BCUT2D eigenvalue weighted by Crippen LogP contribution is 2.26. The largest absolute Gasteiger partial charge is 0.395 e. The van der Waals surface area contributed by atoms with Crippen molar-refractivity contribution in [2.24, 2.45) is 5.73 Å². The minimum Gasteiger partial charge on any atom is -0.395 e. The number of hydrogen-bond donors (Lipinski definition) is 3. The van der Waals surface area contributed by atoms with Gasteiger partial charge in [-0.2, -0.15) is 4.37 Å². The molecule has 0 aliphatic carbocycles. The van der Waals surface area contributed by atoms with E-state index in [9.17, 15) is 14.4 Å². The van der Waals surface area contributed by atoms with Gasteiger partial charge in [0.1, 0.15) is 10.9 Å². The molecular formula is C18H25N5O3S2. The lowest BCUT2D eigenvalue weighted by Gasteiger charge is -2.32. The third kappa shape index (κ3) is 5.08. The van der Waals surface area contributed by atoms with Crippen molar-refractivity contribution in [3.05, 3.63) is 33.0 Å². The van der Waals surface area contributed by atoms with Crippen LogP contribution in [0.5, 0.6) is 0 Å². The van der Waals surface area contributed by atoms with Gasteiger partial charge in [-0.15, -0.1) is 11.3 Å². The van der Waals surface area contributed by atoms with Crippen LogP contribution in [0.3, 0.4) is 0 Å². The average molecular weight is 424 g/mol. The minimum absolute atomic E-state index is 0.0511. The maximum atomic E-state index is 13.3. The lowest BCUT2D eigenvalue weighted by molar-refractivity contribution is -0.127. The van der Waals surface area contributed by atoms with Gasteiger partial charge in [0.2, 0.25) is 5.91 Å². The van der Waals surface area contributed by atoms with Gasteiger partial charge < -0.3 is 21.7 Å². The fraction of sp³-hybridized carbons (Fsp3) is 0.444. The molecule has 2 heterocycles. The molecule has 0 aliphatic heterocycles. The molecule has 152 valence electrons. The van der Waals surface area contributed by atoms with E-state index >= 15 is 0 Å². The number of primary amides is 1. The Morgan fingerprint density at radius 2 is 2.00 bits per heavy atom. The van der Waals surface area contributed by atoms with Crippen molar-refractivity contribution in [3.8, 4) is 0 Å². The molecule has 28 heavy (non-hydrogen) atoms. The third-order valence-corrected chi connectivity index (χ3v) is 5.60. The van der Waals surface area contributed by atoms with Crippen LogP contribution in [-0.4, -0.2) is 38.6 Å². The van der Waals surface area contributed by atoms with Gasteiger partial charge >= 0.3 is 0 Å². The maximum absolute atomic E-state index is 13.3. The molecule has 5 N–H and O–H groups in total. The van der Waals surface area contributed by atoms with E-state index in [2.05, 4.69) is 9.69 Å². The SMILES string of the molecule is CCC(C(=O)NC(C)(C)C)N(Cc1cccs1)C(=O)c1snc(C(N)=O)c1N. The number of carbonyl (C=O) groups excluding carboxylic acids is 3. The number of rotatable bonds is 7. The van der Waals surface area contributed by atoms with Crippen molar-refractivity contribution in [2.75, 3.05) is 5.73 Å². The van der Waals surface area contributed by atoms with Gasteiger partial charge in [-0.3, -0.25) is 14.4 Å². The van der Waals surface area contributed by atoms with Gasteiger partial charge in [0.05, 0.1) is 12.2 Å². The number of aromatic nitrogens is 1. The van der Waals surface area contributed by atoms with Gasteiger partial charge in [0.15, 0.2) is 5.69 Å². The monoisotopic (exact) mass is 423 g/mol. The highest BCUT2D eigenvalue weighted by molar-refractivity contribution is 7.10. The van der Waals surface area contributed by atoms with Crippen molar-refractivity contribution in [1.29, 1.82) is 0 Å². The summed E-state index contributed by atoms with van der Waals surface area (Å²) < 4.78 is 3.90. The van der Waals surface area contributed by atoms with Crippen LogP contribution in [0.1, 0.15) is 59.2 Å². The Labute approximate surface area is 172 Å². The molecule has 8 nitrogen and oxygen atoms in total. The fourth-order valence-electron chi connectivity index (χ4n) is 2.65. The highest BCUT2D eigenvalue weighted by atomic mass is 32.1. The molecule has 2 aromatic heterocycles. The van der Waals surface area contributed by atoms with Crippen molar-refractivity contribution in [3.63, 3.8) is 0 Å². The predicted molar refractivity (Wildman–Crippen MR) is 111 cm³/mol. The zero-order chi connectivity index (χ0) is 21.1. The second kappa shape index (κ2) is 8.70. The Balaban J connectivity index is 2.41. The normalized spacial score (nSPS) is 12.4. The summed E-state index contributed by atoms with van der Waals surface area (Å²) in [7, 11) is 0. The summed E-state index contributed by atoms with van der Waals surface area (Å²) in [6.07, 6.45) is 0.417. The number of nitrogens with two attached hydrogens (primary N) is 2. The van der Waals surface area contributed by atoms with Crippen LogP contribution in [0.4, 0.5) is 5.69 Å². The number of nitrogen functional groups attached to an aromatic ring is 1. The molecule has 0 aliphatic rings. The summed E-state index contributed by atoms with van der Waals surface area (Å²) in [4.78, 5) is 40.1. The molecule has 0 saturated carbocycles. The molecule has 0 saturated heterocycles. The van der Waals surface area contributed by atoms with Gasteiger partial charge in [-0.25, -0.2) is 0 Å². The molecule has 0 radical (unpaired) electrons. The van der Waals surface area contributed by atoms with Crippen LogP contribution >= 0.6 is 22.9 Å². The van der Waals surface area contributed by atoms with E-state index < -0.39 is 23.4 Å². The number of anilines is 1. The molecule has 2 aromatic rings. The standard InChI is InChI=1S/C18H25N5O3S2/c1-5-11(16(25)21-18(2,3)4)23(9-10-7-6-8-27-10)17(26)14-12(19)13(15(20)24)22-28-14/h6-8,11H,5,9,19H2,1-4H3,(H2,20,24)(H,21,25). The zero-order valence-electron chi connectivity index (χ0n) is 16.3. The molecular weight excluding hydrogens is 398 g/mol. The number of amides is 3. The van der Waals surface area contributed by atoms with Crippen LogP contribution in [-0.2, 0) is 11.3 Å². The smallest absolute Gasteiger partial charge is 0.270 e. The quantitative estimate of drug-likeness (QED) is 0.628. The first kappa shape index (κ1) is 21.8. The van der Waals surface area contributed by atoms with Crippen molar-refractivity contribution in [1.82, 2.24) is 14.6 Å². The van der Waals surface area contributed by atoms with Crippen LogP contribution in [0.15, 0.2) is 17.5 Å². The van der Waals surface area contributed by atoms with Gasteiger partial charge in [-0.05, 0) is 50.2 Å². The second-order valence-corrected chi connectivity index (χ2v) is 9.12. The van der Waals surface area contributed by atoms with Crippen molar-refractivity contribution < 1.29 is 14.4 Å². The summed E-state index contributed by atoms with van der Waals surface area (Å²) >= 11 is 2.30. The molecule has 1 unspecified atom stereocenters. The Morgan fingerprint density at radius 1 is 1.32 bits per heavy atom. The molecule has 1 atom stereocenters. The van der Waals surface area contributed by atoms with E-state index in [0.29, 0.717) is 6.42 Å². The number of carbonyl (C=O) groups is 3. The van der Waals surface area contributed by atoms with Crippen LogP contribution in [0, 0.1) is 0 Å². The van der Waals surface area contributed by atoms with E-state index in [4.69, 9.17) is 11.5 Å². The average Bonchev–Trinajstić information content (AvgIpc) is 3.21. The Morgan fingerprint density at radius 3 is 2.46 bits per heavy atom. The third-order valence-electron chi connectivity index (χ3n) is 3.89. The number of hydrogen-bond acceptors (Lipinski definition) is 7. The van der Waals surface area contributed by atoms with E-state index in [0.717, 1.165) is 16.4 Å². The number of nitrogens with zero attached hydrogens (tertiary/aromatic N) is 2. The van der Waals surface area contributed by atoms with Gasteiger partial charge in [0, 0.05) is 10.4 Å². The molecule has 10 heteroatoms. The molecule has 2 rings (SSSR count). The lowest BCUT2D eigenvalue weighted by Crippen LogP contribution is -2.53. The summed E-state index contributed by atoms with van der Waals surface area (Å²) in [6.45, 7) is 7.72. The topological polar surface area (TPSA) is 131 Å². The van der Waals surface area contributed by atoms with Gasteiger partial charge in [0.25, 0.3) is 11.8 Å². The minimum atomic E-state index is -0.796. The zero-order valence-corrected chi connectivity index (χ0v) is 17.9. The van der Waals surface area contributed by atoms with E-state index in [1.807, 2.05) is 45.2 Å². The summed E-state index contributed by atoms with van der Waals surface area (Å²) in [5, 5.41) is 4.83. The van der Waals surface area contributed by atoms with Crippen LogP contribution in [0.2, 0.25) is 0 Å². The van der Waals surface area contributed by atoms with Crippen molar-refractivity contribution in [2.45, 2.75) is 52.2 Å². The molecule has 0 aromatic carbocycles. The number of nitrogens with one attached hydrogen (secondary N) is 1. The van der Waals surface area contributed by atoms with E-state index in [1.54, 1.807) is 0 Å². The molecule has 0 spiro atoms. The Bertz CT molecular complexity index is 855. The first-order valence-corrected chi connectivity index (χ1v) is 10.4. The van der Waals surface area contributed by atoms with Crippen molar-refractivity contribution >= 4 is 46.3 Å². The summed E-state index contributed by atoms with van der Waals surface area (Å²) in [6, 6.07) is 3.07. The second-order valence-electron chi connectivity index (χ2n) is 7.31.